The molecule has 4 rings (SSSR count). The molecule has 0 radical (unpaired) electrons. The second kappa shape index (κ2) is 8.32. The fourth-order valence-corrected chi connectivity index (χ4v) is 5.21. The first-order valence-electron chi connectivity index (χ1n) is 10.4. The standard InChI is InChI=1S/C24H27N3O3S/c1-17-6-8-20(9-7-17)16-26-12-4-5-22(26)15-25-31(29,30)23-10-11-24-21(14-23)13-18(2)27(24)19(3)28/h4-12,14,18,25H,13,15-16H2,1-3H3/t18-/m0/s1. The number of benzene rings is 2. The van der Waals surface area contributed by atoms with E-state index in [-0.39, 0.29) is 23.4 Å². The lowest BCUT2D eigenvalue weighted by Gasteiger charge is -2.20. The number of carbonyl (C=O) groups is 1. The minimum atomic E-state index is -3.68. The lowest BCUT2D eigenvalue weighted by molar-refractivity contribution is -0.116. The summed E-state index contributed by atoms with van der Waals surface area (Å²) in [7, 11) is -3.68. The summed E-state index contributed by atoms with van der Waals surface area (Å²) >= 11 is 0. The van der Waals surface area contributed by atoms with Crippen molar-refractivity contribution in [1.82, 2.24) is 9.29 Å². The lowest BCUT2D eigenvalue weighted by atomic mass is 10.1. The van der Waals surface area contributed by atoms with Crippen molar-refractivity contribution in [2.24, 2.45) is 0 Å². The molecule has 31 heavy (non-hydrogen) atoms. The number of anilines is 1. The molecule has 2 aromatic carbocycles. The van der Waals surface area contributed by atoms with Gasteiger partial charge < -0.3 is 9.47 Å². The molecule has 162 valence electrons. The van der Waals surface area contributed by atoms with Crippen LogP contribution < -0.4 is 9.62 Å². The van der Waals surface area contributed by atoms with Crippen LogP contribution in [-0.2, 0) is 34.3 Å². The third-order valence-corrected chi connectivity index (χ3v) is 7.16. The van der Waals surface area contributed by atoms with Gasteiger partial charge in [-0.05, 0) is 61.7 Å². The molecule has 1 amide bonds. The highest BCUT2D eigenvalue weighted by Crippen LogP contribution is 2.33. The van der Waals surface area contributed by atoms with Crippen LogP contribution in [0.4, 0.5) is 5.69 Å². The van der Waals surface area contributed by atoms with E-state index >= 15 is 0 Å². The maximum atomic E-state index is 12.9. The van der Waals surface area contributed by atoms with Gasteiger partial charge in [0.2, 0.25) is 15.9 Å². The van der Waals surface area contributed by atoms with Gasteiger partial charge in [-0.3, -0.25) is 4.79 Å². The summed E-state index contributed by atoms with van der Waals surface area (Å²) in [6, 6.07) is 17.2. The molecule has 1 aliphatic heterocycles. The number of carbonyl (C=O) groups excluding carboxylic acids is 1. The van der Waals surface area contributed by atoms with Crippen molar-refractivity contribution in [2.75, 3.05) is 4.90 Å². The summed E-state index contributed by atoms with van der Waals surface area (Å²) < 4.78 is 30.6. The topological polar surface area (TPSA) is 71.4 Å². The van der Waals surface area contributed by atoms with E-state index in [0.717, 1.165) is 22.5 Å². The maximum absolute atomic E-state index is 12.9. The van der Waals surface area contributed by atoms with Crippen LogP contribution in [0.25, 0.3) is 0 Å². The summed E-state index contributed by atoms with van der Waals surface area (Å²) in [6.07, 6.45) is 2.61. The van der Waals surface area contributed by atoms with Crippen molar-refractivity contribution in [3.63, 3.8) is 0 Å². The van der Waals surface area contributed by atoms with Crippen LogP contribution in [0.15, 0.2) is 65.7 Å². The molecule has 0 saturated heterocycles. The van der Waals surface area contributed by atoms with Gasteiger partial charge in [0.05, 0.1) is 11.4 Å². The van der Waals surface area contributed by atoms with E-state index in [2.05, 4.69) is 35.9 Å². The van der Waals surface area contributed by atoms with Gasteiger partial charge in [0.15, 0.2) is 0 Å². The molecule has 1 aliphatic rings. The quantitative estimate of drug-likeness (QED) is 0.640. The molecule has 1 atom stereocenters. The van der Waals surface area contributed by atoms with Gasteiger partial charge in [-0.15, -0.1) is 0 Å². The zero-order valence-electron chi connectivity index (χ0n) is 18.0. The summed E-state index contributed by atoms with van der Waals surface area (Å²) in [5, 5.41) is 0. The second-order valence-corrected chi connectivity index (χ2v) is 9.94. The molecule has 1 N–H and O–H groups in total. The van der Waals surface area contributed by atoms with Crippen LogP contribution in [0.2, 0.25) is 0 Å². The van der Waals surface area contributed by atoms with Gasteiger partial charge >= 0.3 is 0 Å². The van der Waals surface area contributed by atoms with Gasteiger partial charge in [0.25, 0.3) is 0 Å². The number of nitrogens with one attached hydrogen (secondary N) is 1. The molecule has 0 saturated carbocycles. The molecule has 0 spiro atoms. The fourth-order valence-electron chi connectivity index (χ4n) is 4.16. The Hall–Kier alpha value is -2.90. The minimum absolute atomic E-state index is 0.0310. The van der Waals surface area contributed by atoms with Crippen LogP contribution in [0.1, 0.15) is 36.2 Å². The van der Waals surface area contributed by atoms with Crippen molar-refractivity contribution in [1.29, 1.82) is 0 Å². The average Bonchev–Trinajstić information content (AvgIpc) is 3.30. The minimum Gasteiger partial charge on any atom is -0.346 e. The highest BCUT2D eigenvalue weighted by Gasteiger charge is 2.30. The second-order valence-electron chi connectivity index (χ2n) is 8.17. The van der Waals surface area contributed by atoms with Crippen LogP contribution >= 0.6 is 0 Å². The van der Waals surface area contributed by atoms with E-state index in [1.807, 2.05) is 29.8 Å². The molecule has 7 heteroatoms. The van der Waals surface area contributed by atoms with Gasteiger partial charge in [-0.1, -0.05) is 29.8 Å². The van der Waals surface area contributed by atoms with Gasteiger partial charge in [-0.2, -0.15) is 0 Å². The highest BCUT2D eigenvalue weighted by atomic mass is 32.2. The van der Waals surface area contributed by atoms with Crippen LogP contribution in [0.3, 0.4) is 0 Å². The number of hydrogen-bond donors (Lipinski definition) is 1. The number of aromatic nitrogens is 1. The van der Waals surface area contributed by atoms with Crippen molar-refractivity contribution >= 4 is 21.6 Å². The molecule has 1 aromatic heterocycles. The number of sulfonamides is 1. The van der Waals surface area contributed by atoms with Crippen LogP contribution in [0, 0.1) is 6.92 Å². The first-order chi connectivity index (χ1) is 14.7. The van der Waals surface area contributed by atoms with E-state index < -0.39 is 10.0 Å². The molecule has 3 aromatic rings. The maximum Gasteiger partial charge on any atom is 0.240 e. The Balaban J connectivity index is 1.49. The van der Waals surface area contributed by atoms with Gasteiger partial charge in [-0.25, -0.2) is 13.1 Å². The Labute approximate surface area is 183 Å². The third-order valence-electron chi connectivity index (χ3n) is 5.76. The Bertz CT molecular complexity index is 1210. The number of rotatable bonds is 6. The van der Waals surface area contributed by atoms with Gasteiger partial charge in [0, 0.05) is 37.1 Å². The number of nitrogens with zero attached hydrogens (tertiary/aromatic N) is 2. The van der Waals surface area contributed by atoms with E-state index in [0.29, 0.717) is 13.0 Å². The Morgan fingerprint density at radius 3 is 2.58 bits per heavy atom. The summed E-state index contributed by atoms with van der Waals surface area (Å²) in [4.78, 5) is 13.8. The van der Waals surface area contributed by atoms with Crippen molar-refractivity contribution in [3.8, 4) is 0 Å². The van der Waals surface area contributed by atoms with Crippen LogP contribution in [0.5, 0.6) is 0 Å². The summed E-state index contributed by atoms with van der Waals surface area (Å²) in [6.45, 7) is 6.44. The molecule has 0 fully saturated rings. The predicted octanol–water partition coefficient (Wildman–Crippen LogP) is 3.62. The van der Waals surface area contributed by atoms with E-state index in [9.17, 15) is 13.2 Å². The first kappa shape index (κ1) is 21.3. The molecule has 0 unspecified atom stereocenters. The number of hydrogen-bond acceptors (Lipinski definition) is 3. The number of amides is 1. The lowest BCUT2D eigenvalue weighted by Crippen LogP contribution is -2.33. The molecular weight excluding hydrogens is 410 g/mol. The van der Waals surface area contributed by atoms with E-state index in [1.165, 1.54) is 12.5 Å². The zero-order chi connectivity index (χ0) is 22.2. The monoisotopic (exact) mass is 437 g/mol. The van der Waals surface area contributed by atoms with Gasteiger partial charge in [0.1, 0.15) is 0 Å². The first-order valence-corrected chi connectivity index (χ1v) is 11.8. The smallest absolute Gasteiger partial charge is 0.240 e. The van der Waals surface area contributed by atoms with E-state index in [1.54, 1.807) is 23.1 Å². The summed E-state index contributed by atoms with van der Waals surface area (Å²) in [5.41, 5.74) is 4.94. The Morgan fingerprint density at radius 2 is 1.87 bits per heavy atom. The van der Waals surface area contributed by atoms with Crippen molar-refractivity contribution in [3.05, 3.63) is 83.2 Å². The molecular formula is C24H27N3O3S. The third kappa shape index (κ3) is 4.43. The Morgan fingerprint density at radius 1 is 1.13 bits per heavy atom. The SMILES string of the molecule is CC(=O)N1c2ccc(S(=O)(=O)NCc3cccn3Cc3ccc(C)cc3)cc2C[C@@H]1C. The average molecular weight is 438 g/mol. The largest absolute Gasteiger partial charge is 0.346 e. The van der Waals surface area contributed by atoms with Crippen molar-refractivity contribution < 1.29 is 13.2 Å². The number of aryl methyl sites for hydroxylation is 1. The zero-order valence-corrected chi connectivity index (χ0v) is 18.8. The molecule has 0 bridgehead atoms. The Kier molecular flexibility index (Phi) is 5.73. The fraction of sp³-hybridized carbons (Fsp3) is 0.292. The molecule has 6 nitrogen and oxygen atoms in total. The van der Waals surface area contributed by atoms with E-state index in [4.69, 9.17) is 0 Å². The predicted molar refractivity (Wildman–Crippen MR) is 122 cm³/mol. The number of fused-ring (bicyclic) bond motifs is 1. The summed E-state index contributed by atoms with van der Waals surface area (Å²) in [5.74, 6) is -0.0330. The van der Waals surface area contributed by atoms with Crippen molar-refractivity contribution in [2.45, 2.75) is 51.2 Å². The normalized spacial score (nSPS) is 15.8. The highest BCUT2D eigenvalue weighted by molar-refractivity contribution is 7.89. The van der Waals surface area contributed by atoms with Crippen LogP contribution in [-0.4, -0.2) is 24.9 Å². The molecule has 0 aliphatic carbocycles. The molecule has 2 heterocycles.